The summed E-state index contributed by atoms with van der Waals surface area (Å²) in [4.78, 5) is 14.3. The molecule has 2 aromatic rings. The Balaban J connectivity index is 1.79. The van der Waals surface area contributed by atoms with E-state index >= 15 is 0 Å². The monoisotopic (exact) mass is 312 g/mol. The van der Waals surface area contributed by atoms with Gasteiger partial charge in [-0.25, -0.2) is 0 Å². The van der Waals surface area contributed by atoms with Crippen LogP contribution in [0, 0.1) is 0 Å². The molecule has 0 heterocycles. The van der Waals surface area contributed by atoms with Crippen molar-refractivity contribution in [1.29, 1.82) is 0 Å². The van der Waals surface area contributed by atoms with Crippen LogP contribution in [-0.2, 0) is 0 Å². The molecule has 2 aromatic carbocycles. The Morgan fingerprint density at radius 1 is 1.00 bits per heavy atom. The lowest BCUT2D eigenvalue weighted by molar-refractivity contribution is 0.0947. The molecule has 0 saturated carbocycles. The van der Waals surface area contributed by atoms with Crippen molar-refractivity contribution in [2.45, 2.75) is 13.8 Å². The second-order valence-corrected chi connectivity index (χ2v) is 5.14. The Morgan fingerprint density at radius 2 is 1.65 bits per heavy atom. The predicted molar refractivity (Wildman–Crippen MR) is 94.3 cm³/mol. The van der Waals surface area contributed by atoms with Gasteiger partial charge in [0.1, 0.15) is 12.4 Å². The maximum Gasteiger partial charge on any atom is 0.251 e. The summed E-state index contributed by atoms with van der Waals surface area (Å²) in [5, 5.41) is 2.87. The highest BCUT2D eigenvalue weighted by Gasteiger charge is 2.06. The number of nitrogens with one attached hydrogen (secondary N) is 1. The third-order valence-corrected chi connectivity index (χ3v) is 3.66. The third-order valence-electron chi connectivity index (χ3n) is 3.66. The van der Waals surface area contributed by atoms with E-state index in [1.807, 2.05) is 54.6 Å². The standard InChI is InChI=1S/C19H24N2O2/c1-3-21(4-2)17-12-10-16(11-13-17)19(22)20-14-15-23-18-8-6-5-7-9-18/h5-13H,3-4,14-15H2,1-2H3,(H,20,22). The maximum absolute atomic E-state index is 12.1. The van der Waals surface area contributed by atoms with E-state index in [1.165, 1.54) is 0 Å². The Bertz CT molecular complexity index is 593. The molecular weight excluding hydrogens is 288 g/mol. The second-order valence-electron chi connectivity index (χ2n) is 5.14. The minimum absolute atomic E-state index is 0.0761. The van der Waals surface area contributed by atoms with Crippen molar-refractivity contribution in [3.63, 3.8) is 0 Å². The Labute approximate surface area is 138 Å². The summed E-state index contributed by atoms with van der Waals surface area (Å²) in [6, 6.07) is 17.3. The number of anilines is 1. The van der Waals surface area contributed by atoms with Crippen LogP contribution in [0.4, 0.5) is 5.69 Å². The summed E-state index contributed by atoms with van der Waals surface area (Å²) in [6.45, 7) is 7.09. The van der Waals surface area contributed by atoms with E-state index in [4.69, 9.17) is 4.74 Å². The number of nitrogens with zero attached hydrogens (tertiary/aromatic N) is 1. The summed E-state index contributed by atoms with van der Waals surface area (Å²) in [5.74, 6) is 0.734. The molecule has 4 heteroatoms. The summed E-state index contributed by atoms with van der Waals surface area (Å²) >= 11 is 0. The molecule has 0 atom stereocenters. The SMILES string of the molecule is CCN(CC)c1ccc(C(=O)NCCOc2ccccc2)cc1. The molecular formula is C19H24N2O2. The van der Waals surface area contributed by atoms with E-state index in [2.05, 4.69) is 24.1 Å². The number of carbonyl (C=O) groups is 1. The van der Waals surface area contributed by atoms with Crippen molar-refractivity contribution in [3.8, 4) is 5.75 Å². The van der Waals surface area contributed by atoms with Crippen LogP contribution in [0.2, 0.25) is 0 Å². The van der Waals surface area contributed by atoms with Crippen molar-refractivity contribution < 1.29 is 9.53 Å². The fraction of sp³-hybridized carbons (Fsp3) is 0.316. The number of rotatable bonds is 8. The van der Waals surface area contributed by atoms with E-state index in [-0.39, 0.29) is 5.91 Å². The number of benzene rings is 2. The fourth-order valence-corrected chi connectivity index (χ4v) is 2.36. The minimum Gasteiger partial charge on any atom is -0.492 e. The van der Waals surface area contributed by atoms with E-state index in [9.17, 15) is 4.79 Å². The van der Waals surface area contributed by atoms with Crippen molar-refractivity contribution in [2.24, 2.45) is 0 Å². The summed E-state index contributed by atoms with van der Waals surface area (Å²) in [7, 11) is 0. The molecule has 0 fully saturated rings. The number of hydrogen-bond acceptors (Lipinski definition) is 3. The highest BCUT2D eigenvalue weighted by molar-refractivity contribution is 5.94. The van der Waals surface area contributed by atoms with E-state index in [0.717, 1.165) is 24.5 Å². The van der Waals surface area contributed by atoms with Gasteiger partial charge in [-0.15, -0.1) is 0 Å². The van der Waals surface area contributed by atoms with E-state index in [1.54, 1.807) is 0 Å². The second kappa shape index (κ2) is 8.83. The molecule has 0 aromatic heterocycles. The maximum atomic E-state index is 12.1. The van der Waals surface area contributed by atoms with Crippen LogP contribution in [0.25, 0.3) is 0 Å². The van der Waals surface area contributed by atoms with Gasteiger partial charge in [-0.3, -0.25) is 4.79 Å². The highest BCUT2D eigenvalue weighted by Crippen LogP contribution is 2.14. The average Bonchev–Trinajstić information content (AvgIpc) is 2.61. The Kier molecular flexibility index (Phi) is 6.48. The summed E-state index contributed by atoms with van der Waals surface area (Å²) in [6.07, 6.45) is 0. The zero-order chi connectivity index (χ0) is 16.5. The minimum atomic E-state index is -0.0761. The molecule has 0 bridgehead atoms. The molecule has 0 aliphatic rings. The summed E-state index contributed by atoms with van der Waals surface area (Å²) in [5.41, 5.74) is 1.81. The van der Waals surface area contributed by atoms with Gasteiger partial charge < -0.3 is 15.0 Å². The van der Waals surface area contributed by atoms with Gasteiger partial charge in [-0.05, 0) is 50.2 Å². The zero-order valence-corrected chi connectivity index (χ0v) is 13.8. The van der Waals surface area contributed by atoms with Gasteiger partial charge in [-0.1, -0.05) is 18.2 Å². The molecule has 0 aliphatic carbocycles. The number of amides is 1. The van der Waals surface area contributed by atoms with Gasteiger partial charge in [0.2, 0.25) is 0 Å². The first kappa shape index (κ1) is 16.9. The number of ether oxygens (including phenoxy) is 1. The van der Waals surface area contributed by atoms with Gasteiger partial charge >= 0.3 is 0 Å². The van der Waals surface area contributed by atoms with Crippen molar-refractivity contribution >= 4 is 11.6 Å². The highest BCUT2D eigenvalue weighted by atomic mass is 16.5. The van der Waals surface area contributed by atoms with Gasteiger partial charge in [0, 0.05) is 24.3 Å². The molecule has 0 radical (unpaired) electrons. The Hall–Kier alpha value is -2.49. The average molecular weight is 312 g/mol. The van der Waals surface area contributed by atoms with Crippen molar-refractivity contribution in [2.75, 3.05) is 31.1 Å². The molecule has 0 saturated heterocycles. The van der Waals surface area contributed by atoms with Crippen molar-refractivity contribution in [3.05, 3.63) is 60.2 Å². The fourth-order valence-electron chi connectivity index (χ4n) is 2.36. The van der Waals surface area contributed by atoms with E-state index < -0.39 is 0 Å². The van der Waals surface area contributed by atoms with Crippen LogP contribution in [0.1, 0.15) is 24.2 Å². The third kappa shape index (κ3) is 5.02. The topological polar surface area (TPSA) is 41.6 Å². The molecule has 2 rings (SSSR count). The molecule has 122 valence electrons. The molecule has 0 unspecified atom stereocenters. The first-order chi connectivity index (χ1) is 11.2. The lowest BCUT2D eigenvalue weighted by Gasteiger charge is -2.21. The van der Waals surface area contributed by atoms with E-state index in [0.29, 0.717) is 18.7 Å². The quantitative estimate of drug-likeness (QED) is 0.760. The van der Waals surface area contributed by atoms with Crippen LogP contribution in [0.5, 0.6) is 5.75 Å². The van der Waals surface area contributed by atoms with Gasteiger partial charge in [-0.2, -0.15) is 0 Å². The van der Waals surface area contributed by atoms with Crippen LogP contribution in [-0.4, -0.2) is 32.1 Å². The molecule has 0 spiro atoms. The first-order valence-electron chi connectivity index (χ1n) is 8.05. The van der Waals surface area contributed by atoms with Crippen LogP contribution < -0.4 is 15.0 Å². The van der Waals surface area contributed by atoms with Crippen molar-refractivity contribution in [1.82, 2.24) is 5.32 Å². The Morgan fingerprint density at radius 3 is 2.26 bits per heavy atom. The lowest BCUT2D eigenvalue weighted by Crippen LogP contribution is -2.28. The molecule has 23 heavy (non-hydrogen) atoms. The number of hydrogen-bond donors (Lipinski definition) is 1. The predicted octanol–water partition coefficient (Wildman–Crippen LogP) is 3.34. The number of carbonyl (C=O) groups excluding carboxylic acids is 1. The smallest absolute Gasteiger partial charge is 0.251 e. The number of para-hydroxylation sites is 1. The molecule has 0 aliphatic heterocycles. The normalized spacial score (nSPS) is 10.2. The van der Waals surface area contributed by atoms with Crippen LogP contribution in [0.15, 0.2) is 54.6 Å². The first-order valence-corrected chi connectivity index (χ1v) is 8.05. The molecule has 1 N–H and O–H groups in total. The lowest BCUT2D eigenvalue weighted by atomic mass is 10.2. The van der Waals surface area contributed by atoms with Crippen LogP contribution >= 0.6 is 0 Å². The van der Waals surface area contributed by atoms with Gasteiger partial charge in [0.15, 0.2) is 0 Å². The zero-order valence-electron chi connectivity index (χ0n) is 13.8. The summed E-state index contributed by atoms with van der Waals surface area (Å²) < 4.78 is 5.55. The van der Waals surface area contributed by atoms with Crippen LogP contribution in [0.3, 0.4) is 0 Å². The molecule has 1 amide bonds. The molecule has 4 nitrogen and oxygen atoms in total. The van der Waals surface area contributed by atoms with Gasteiger partial charge in [0.05, 0.1) is 6.54 Å². The largest absolute Gasteiger partial charge is 0.492 e. The van der Waals surface area contributed by atoms with Gasteiger partial charge in [0.25, 0.3) is 5.91 Å².